The van der Waals surface area contributed by atoms with Crippen LogP contribution in [0.2, 0.25) is 0 Å². The van der Waals surface area contributed by atoms with Crippen LogP contribution in [-0.4, -0.2) is 61.1 Å². The van der Waals surface area contributed by atoms with Gasteiger partial charge in [0.2, 0.25) is 10.0 Å². The number of fused-ring (bicyclic) bond motifs is 1. The molecule has 154 valence electrons. The Hall–Kier alpha value is -2.41. The minimum atomic E-state index is -5.08. The van der Waals surface area contributed by atoms with Crippen LogP contribution in [0.4, 0.5) is 13.2 Å². The molecule has 0 atom stereocenters. The Balaban J connectivity index is 0.000000279. The molecule has 0 aromatic carbocycles. The summed E-state index contributed by atoms with van der Waals surface area (Å²) < 4.78 is 61.9. The number of alkyl halides is 3. The van der Waals surface area contributed by atoms with Crippen LogP contribution in [-0.2, 0) is 34.5 Å². The zero-order valence-corrected chi connectivity index (χ0v) is 15.4. The fourth-order valence-corrected chi connectivity index (χ4v) is 4.57. The lowest BCUT2D eigenvalue weighted by Gasteiger charge is -2.27. The summed E-state index contributed by atoms with van der Waals surface area (Å²) in [5.41, 5.74) is 1.07. The Morgan fingerprint density at radius 2 is 1.96 bits per heavy atom. The average Bonchev–Trinajstić information content (AvgIpc) is 3.24. The molecule has 0 amide bonds. The minimum Gasteiger partial charge on any atom is -0.475 e. The molecule has 2 aromatic heterocycles. The minimum absolute atomic E-state index is 0.150. The third kappa shape index (κ3) is 4.52. The lowest BCUT2D eigenvalue weighted by Crippen LogP contribution is -2.40. The fourth-order valence-electron chi connectivity index (χ4n) is 2.78. The maximum atomic E-state index is 12.3. The van der Waals surface area contributed by atoms with Crippen molar-refractivity contribution >= 4 is 16.0 Å². The molecule has 1 N–H and O–H groups in total. The van der Waals surface area contributed by atoms with Crippen molar-refractivity contribution in [2.24, 2.45) is 0 Å². The summed E-state index contributed by atoms with van der Waals surface area (Å²) >= 11 is 0. The molecule has 1 saturated carbocycles. The van der Waals surface area contributed by atoms with Gasteiger partial charge in [-0.15, -0.1) is 0 Å². The van der Waals surface area contributed by atoms with Crippen molar-refractivity contribution in [3.05, 3.63) is 36.2 Å². The van der Waals surface area contributed by atoms with E-state index in [0.717, 1.165) is 24.4 Å². The first kappa shape index (κ1) is 20.3. The summed E-state index contributed by atoms with van der Waals surface area (Å²) in [4.78, 5) is 13.3. The van der Waals surface area contributed by atoms with Crippen molar-refractivity contribution < 1.29 is 31.5 Å². The third-order valence-corrected chi connectivity index (χ3v) is 6.69. The summed E-state index contributed by atoms with van der Waals surface area (Å²) in [5, 5.41) is 11.2. The highest BCUT2D eigenvalue weighted by atomic mass is 32.2. The number of sulfonamides is 1. The van der Waals surface area contributed by atoms with Gasteiger partial charge in [0.05, 0.1) is 30.2 Å². The molecule has 13 heteroatoms. The van der Waals surface area contributed by atoms with Gasteiger partial charge in [0.25, 0.3) is 0 Å². The Morgan fingerprint density at radius 3 is 2.50 bits per heavy atom. The van der Waals surface area contributed by atoms with E-state index in [-0.39, 0.29) is 5.25 Å². The number of hydrogen-bond acceptors (Lipinski definition) is 5. The number of hydrogen-bond donors (Lipinski definition) is 1. The standard InChI is InChI=1S/C13H17N5O2S.C2HF3O2/c19-21(20,12-2-3-12)17-6-7-18-11(8-14-13(18)10-17)9-16-5-1-4-15-16;3-2(4,5)1(6)7/h1,4-5,8,12H,2-3,6-7,9-10H2;(H,6,7). The van der Waals surface area contributed by atoms with Gasteiger partial charge >= 0.3 is 12.1 Å². The predicted molar refractivity (Wildman–Crippen MR) is 89.6 cm³/mol. The van der Waals surface area contributed by atoms with Crippen LogP contribution in [0.15, 0.2) is 24.7 Å². The van der Waals surface area contributed by atoms with Gasteiger partial charge in [-0.1, -0.05) is 0 Å². The lowest BCUT2D eigenvalue weighted by molar-refractivity contribution is -0.192. The van der Waals surface area contributed by atoms with Gasteiger partial charge in [0, 0.05) is 25.5 Å². The maximum Gasteiger partial charge on any atom is 0.490 e. The molecule has 1 fully saturated rings. The highest BCUT2D eigenvalue weighted by Crippen LogP contribution is 2.32. The van der Waals surface area contributed by atoms with Crippen molar-refractivity contribution in [2.45, 2.75) is 43.9 Å². The fraction of sp³-hybridized carbons (Fsp3) is 0.533. The van der Waals surface area contributed by atoms with Crippen molar-refractivity contribution in [2.75, 3.05) is 6.54 Å². The number of imidazole rings is 1. The number of halogens is 3. The molecule has 2 aliphatic rings. The number of carboxylic acid groups (broad SMARTS) is 1. The maximum absolute atomic E-state index is 12.3. The van der Waals surface area contributed by atoms with Crippen LogP contribution >= 0.6 is 0 Å². The molecule has 0 unspecified atom stereocenters. The smallest absolute Gasteiger partial charge is 0.475 e. The van der Waals surface area contributed by atoms with Crippen LogP contribution in [0, 0.1) is 0 Å². The molecule has 4 rings (SSSR count). The van der Waals surface area contributed by atoms with Crippen molar-refractivity contribution in [3.63, 3.8) is 0 Å². The second-order valence-corrected chi connectivity index (χ2v) is 8.61. The van der Waals surface area contributed by atoms with E-state index >= 15 is 0 Å². The predicted octanol–water partition coefficient (Wildman–Crippen LogP) is 1.07. The Morgan fingerprint density at radius 1 is 1.29 bits per heavy atom. The number of rotatable bonds is 4. The van der Waals surface area contributed by atoms with E-state index in [1.165, 1.54) is 0 Å². The third-order valence-electron chi connectivity index (χ3n) is 4.34. The van der Waals surface area contributed by atoms with Crippen LogP contribution in [0.3, 0.4) is 0 Å². The molecular weight excluding hydrogens is 403 g/mol. The Labute approximate surface area is 158 Å². The van der Waals surface area contributed by atoms with Gasteiger partial charge in [-0.05, 0) is 18.9 Å². The summed E-state index contributed by atoms with van der Waals surface area (Å²) in [5.74, 6) is -1.93. The molecule has 1 aliphatic carbocycles. The first-order valence-electron chi connectivity index (χ1n) is 8.39. The summed E-state index contributed by atoms with van der Waals surface area (Å²) in [6.45, 7) is 2.25. The average molecular weight is 421 g/mol. The van der Waals surface area contributed by atoms with Crippen LogP contribution in [0.1, 0.15) is 24.4 Å². The first-order valence-corrected chi connectivity index (χ1v) is 9.89. The molecule has 28 heavy (non-hydrogen) atoms. The molecular formula is C15H18F3N5O4S. The molecule has 0 saturated heterocycles. The zero-order valence-electron chi connectivity index (χ0n) is 14.6. The van der Waals surface area contributed by atoms with E-state index in [4.69, 9.17) is 9.90 Å². The molecule has 2 aromatic rings. The van der Waals surface area contributed by atoms with E-state index in [1.54, 1.807) is 10.5 Å². The van der Waals surface area contributed by atoms with Crippen molar-refractivity contribution in [1.82, 2.24) is 23.6 Å². The molecule has 0 spiro atoms. The normalized spacial score (nSPS) is 17.5. The number of nitrogens with zero attached hydrogens (tertiary/aromatic N) is 5. The van der Waals surface area contributed by atoms with E-state index in [1.807, 2.05) is 23.1 Å². The molecule has 0 bridgehead atoms. The largest absolute Gasteiger partial charge is 0.490 e. The van der Waals surface area contributed by atoms with Crippen molar-refractivity contribution in [3.8, 4) is 0 Å². The highest BCUT2D eigenvalue weighted by molar-refractivity contribution is 7.90. The highest BCUT2D eigenvalue weighted by Gasteiger charge is 2.41. The molecule has 9 nitrogen and oxygen atoms in total. The van der Waals surface area contributed by atoms with Gasteiger partial charge in [-0.3, -0.25) is 4.68 Å². The number of carboxylic acids is 1. The number of carbonyl (C=O) groups is 1. The van der Waals surface area contributed by atoms with Crippen LogP contribution in [0.25, 0.3) is 0 Å². The molecule has 3 heterocycles. The Bertz CT molecular complexity index is 936. The summed E-state index contributed by atoms with van der Waals surface area (Å²) in [6, 6.07) is 1.89. The Kier molecular flexibility index (Phi) is 5.48. The van der Waals surface area contributed by atoms with Gasteiger partial charge in [0.1, 0.15) is 5.82 Å². The van der Waals surface area contributed by atoms with E-state index < -0.39 is 22.2 Å². The second kappa shape index (κ2) is 7.54. The van der Waals surface area contributed by atoms with E-state index in [2.05, 4.69) is 14.6 Å². The van der Waals surface area contributed by atoms with Crippen LogP contribution in [0.5, 0.6) is 0 Å². The van der Waals surface area contributed by atoms with Gasteiger partial charge < -0.3 is 9.67 Å². The monoisotopic (exact) mass is 421 g/mol. The van der Waals surface area contributed by atoms with E-state index in [9.17, 15) is 21.6 Å². The second-order valence-electron chi connectivity index (χ2n) is 6.40. The van der Waals surface area contributed by atoms with Crippen molar-refractivity contribution in [1.29, 1.82) is 0 Å². The lowest BCUT2D eigenvalue weighted by atomic mass is 10.4. The quantitative estimate of drug-likeness (QED) is 0.791. The van der Waals surface area contributed by atoms with Crippen LogP contribution < -0.4 is 0 Å². The number of aliphatic carboxylic acids is 1. The molecule has 1 aliphatic heterocycles. The number of aromatic nitrogens is 4. The van der Waals surface area contributed by atoms with E-state index in [0.29, 0.717) is 26.2 Å². The van der Waals surface area contributed by atoms with Gasteiger partial charge in [-0.25, -0.2) is 18.2 Å². The van der Waals surface area contributed by atoms with Gasteiger partial charge in [0.15, 0.2) is 0 Å². The first-order chi connectivity index (χ1) is 13.1. The zero-order chi connectivity index (χ0) is 20.5. The molecule has 0 radical (unpaired) electrons. The summed E-state index contributed by atoms with van der Waals surface area (Å²) in [7, 11) is -3.11. The topological polar surface area (TPSA) is 110 Å². The summed E-state index contributed by atoms with van der Waals surface area (Å²) in [6.07, 6.45) is 2.00. The van der Waals surface area contributed by atoms with Gasteiger partial charge in [-0.2, -0.15) is 22.6 Å². The SMILES string of the molecule is O=C(O)C(F)(F)F.O=S(=O)(C1CC1)N1CCn2c(Cn3cccn3)cnc2C1.